The average molecular weight is 478 g/mol. The van der Waals surface area contributed by atoms with Gasteiger partial charge in [-0.15, -0.1) is 0 Å². The van der Waals surface area contributed by atoms with Crippen molar-refractivity contribution in [2.75, 3.05) is 13.1 Å². The number of carbonyl (C=O) groups excluding carboxylic acids is 1. The number of thiazole rings is 1. The van der Waals surface area contributed by atoms with Crippen LogP contribution in [0.15, 0.2) is 46.3 Å². The second-order valence-electron chi connectivity index (χ2n) is 7.93. The molecule has 0 bridgehead atoms. The monoisotopic (exact) mass is 477 g/mol. The fourth-order valence-electron chi connectivity index (χ4n) is 3.77. The van der Waals surface area contributed by atoms with Crippen molar-refractivity contribution in [1.82, 2.24) is 8.87 Å². The van der Waals surface area contributed by atoms with Gasteiger partial charge < -0.3 is 4.57 Å². The number of benzene rings is 2. The summed E-state index contributed by atoms with van der Waals surface area (Å²) in [6.45, 7) is 4.74. The molecule has 0 atom stereocenters. The predicted octanol–water partition coefficient (Wildman–Crippen LogP) is 4.04. The van der Waals surface area contributed by atoms with Crippen LogP contribution >= 0.6 is 22.9 Å². The Morgan fingerprint density at radius 2 is 1.71 bits per heavy atom. The van der Waals surface area contributed by atoms with Crippen molar-refractivity contribution >= 4 is 49.1 Å². The molecule has 0 saturated carbocycles. The van der Waals surface area contributed by atoms with Gasteiger partial charge in [0.25, 0.3) is 5.91 Å². The lowest BCUT2D eigenvalue weighted by Gasteiger charge is -2.29. The highest BCUT2D eigenvalue weighted by atomic mass is 35.5. The SMILES string of the molecule is Cc1cc2sc(=NC(=O)C3CCN(S(=O)(=O)c4ccc(Cl)cc4)CC3)n(C)c2cc1C. The first-order valence-corrected chi connectivity index (χ1v) is 12.7. The molecule has 1 aromatic heterocycles. The molecule has 9 heteroatoms. The molecule has 2 aromatic carbocycles. The molecule has 0 aliphatic carbocycles. The molecule has 0 radical (unpaired) electrons. The molecule has 3 aromatic rings. The molecule has 6 nitrogen and oxygen atoms in total. The van der Waals surface area contributed by atoms with Gasteiger partial charge in [0.15, 0.2) is 4.80 Å². The van der Waals surface area contributed by atoms with Crippen molar-refractivity contribution in [1.29, 1.82) is 0 Å². The number of halogens is 1. The molecule has 31 heavy (non-hydrogen) atoms. The largest absolute Gasteiger partial charge is 0.319 e. The first kappa shape index (κ1) is 22.2. The van der Waals surface area contributed by atoms with E-state index in [1.54, 1.807) is 12.1 Å². The van der Waals surface area contributed by atoms with Gasteiger partial charge in [0.1, 0.15) is 0 Å². The van der Waals surface area contributed by atoms with Gasteiger partial charge in [-0.25, -0.2) is 8.42 Å². The molecule has 4 rings (SSSR count). The van der Waals surface area contributed by atoms with E-state index >= 15 is 0 Å². The zero-order valence-electron chi connectivity index (χ0n) is 17.6. The average Bonchev–Trinajstić information content (AvgIpc) is 3.03. The highest BCUT2D eigenvalue weighted by Gasteiger charge is 2.32. The van der Waals surface area contributed by atoms with Gasteiger partial charge in [0.05, 0.1) is 15.1 Å². The molecule has 164 valence electrons. The number of aromatic nitrogens is 1. The number of aryl methyl sites for hydroxylation is 3. The van der Waals surface area contributed by atoms with E-state index < -0.39 is 10.0 Å². The van der Waals surface area contributed by atoms with Gasteiger partial charge in [-0.05, 0) is 74.2 Å². The summed E-state index contributed by atoms with van der Waals surface area (Å²) in [6.07, 6.45) is 0.921. The molecule has 0 unspecified atom stereocenters. The Morgan fingerprint density at radius 3 is 2.35 bits per heavy atom. The topological polar surface area (TPSA) is 71.7 Å². The highest BCUT2D eigenvalue weighted by Crippen LogP contribution is 2.26. The first-order chi connectivity index (χ1) is 14.7. The second kappa shape index (κ2) is 8.50. The summed E-state index contributed by atoms with van der Waals surface area (Å²) in [6, 6.07) is 10.4. The van der Waals surface area contributed by atoms with Crippen LogP contribution in [0.5, 0.6) is 0 Å². The Morgan fingerprint density at radius 1 is 1.10 bits per heavy atom. The zero-order chi connectivity index (χ0) is 22.3. The van der Waals surface area contributed by atoms with Crippen molar-refractivity contribution in [2.45, 2.75) is 31.6 Å². The Kier molecular flexibility index (Phi) is 6.09. The molecular weight excluding hydrogens is 454 g/mol. The maximum Gasteiger partial charge on any atom is 0.251 e. The van der Waals surface area contributed by atoms with Crippen LogP contribution in [0.4, 0.5) is 0 Å². The molecular formula is C22H24ClN3O3S2. The van der Waals surface area contributed by atoms with Gasteiger partial charge in [0.2, 0.25) is 10.0 Å². The van der Waals surface area contributed by atoms with E-state index in [9.17, 15) is 13.2 Å². The fourth-order valence-corrected chi connectivity index (χ4v) is 6.47. The Bertz CT molecular complexity index is 1320. The number of fused-ring (bicyclic) bond motifs is 1. The number of carbonyl (C=O) groups is 1. The van der Waals surface area contributed by atoms with Gasteiger partial charge in [-0.1, -0.05) is 22.9 Å². The van der Waals surface area contributed by atoms with Crippen molar-refractivity contribution in [3.05, 3.63) is 57.3 Å². The van der Waals surface area contributed by atoms with Gasteiger partial charge in [-0.3, -0.25) is 4.79 Å². The number of nitrogens with zero attached hydrogens (tertiary/aromatic N) is 3. The fraction of sp³-hybridized carbons (Fsp3) is 0.364. The van der Waals surface area contributed by atoms with Crippen LogP contribution in [0.2, 0.25) is 5.02 Å². The molecule has 0 N–H and O–H groups in total. The van der Waals surface area contributed by atoms with Crippen LogP contribution in [-0.2, 0) is 21.9 Å². The third-order valence-electron chi connectivity index (χ3n) is 5.89. The zero-order valence-corrected chi connectivity index (χ0v) is 20.0. The minimum absolute atomic E-state index is 0.181. The molecule has 2 heterocycles. The number of sulfonamides is 1. The summed E-state index contributed by atoms with van der Waals surface area (Å²) in [5, 5.41) is 0.490. The van der Waals surface area contributed by atoms with E-state index in [0.717, 1.165) is 10.2 Å². The van der Waals surface area contributed by atoms with E-state index in [4.69, 9.17) is 11.6 Å². The molecule has 1 saturated heterocycles. The maximum atomic E-state index is 12.8. The first-order valence-electron chi connectivity index (χ1n) is 10.1. The lowest BCUT2D eigenvalue weighted by molar-refractivity contribution is -0.122. The smallest absolute Gasteiger partial charge is 0.251 e. The van der Waals surface area contributed by atoms with Crippen molar-refractivity contribution in [3.63, 3.8) is 0 Å². The molecule has 1 aliphatic rings. The molecule has 1 amide bonds. The summed E-state index contributed by atoms with van der Waals surface area (Å²) in [5.74, 6) is -0.454. The van der Waals surface area contributed by atoms with Crippen LogP contribution in [0.1, 0.15) is 24.0 Å². The van der Waals surface area contributed by atoms with E-state index in [2.05, 4.69) is 31.0 Å². The number of piperidine rings is 1. The van der Waals surface area contributed by atoms with Gasteiger partial charge >= 0.3 is 0 Å². The number of hydrogen-bond acceptors (Lipinski definition) is 4. The Hall–Kier alpha value is -2.00. The standard InChI is InChI=1S/C22H24ClN3O3S2/c1-14-12-19-20(13-15(14)2)30-22(25(19)3)24-21(27)16-8-10-26(11-9-16)31(28,29)18-6-4-17(23)5-7-18/h4-7,12-13,16H,8-11H2,1-3H3. The van der Waals surface area contributed by atoms with Crippen LogP contribution < -0.4 is 4.80 Å². The quantitative estimate of drug-likeness (QED) is 0.571. The van der Waals surface area contributed by atoms with E-state index in [1.165, 1.54) is 38.9 Å². The van der Waals surface area contributed by atoms with E-state index in [0.29, 0.717) is 35.8 Å². The van der Waals surface area contributed by atoms with E-state index in [-0.39, 0.29) is 16.7 Å². The normalized spacial score (nSPS) is 16.8. The summed E-state index contributed by atoms with van der Waals surface area (Å²) in [4.78, 5) is 18.1. The Balaban J connectivity index is 1.50. The lowest BCUT2D eigenvalue weighted by atomic mass is 9.98. The van der Waals surface area contributed by atoms with Gasteiger partial charge in [0, 0.05) is 31.1 Å². The van der Waals surface area contributed by atoms with Gasteiger partial charge in [-0.2, -0.15) is 9.30 Å². The van der Waals surface area contributed by atoms with Crippen LogP contribution in [0, 0.1) is 19.8 Å². The second-order valence-corrected chi connectivity index (χ2v) is 11.3. The van der Waals surface area contributed by atoms with Crippen LogP contribution in [0.3, 0.4) is 0 Å². The summed E-state index contributed by atoms with van der Waals surface area (Å²) >= 11 is 7.36. The lowest BCUT2D eigenvalue weighted by Crippen LogP contribution is -2.40. The third-order valence-corrected chi connectivity index (χ3v) is 9.14. The molecule has 1 aliphatic heterocycles. The highest BCUT2D eigenvalue weighted by molar-refractivity contribution is 7.89. The Labute approximate surface area is 190 Å². The number of amides is 1. The summed E-state index contributed by atoms with van der Waals surface area (Å²) < 4.78 is 30.2. The summed E-state index contributed by atoms with van der Waals surface area (Å²) in [5.41, 5.74) is 3.47. The minimum Gasteiger partial charge on any atom is -0.319 e. The predicted molar refractivity (Wildman–Crippen MR) is 124 cm³/mol. The van der Waals surface area contributed by atoms with Crippen molar-refractivity contribution in [2.24, 2.45) is 18.0 Å². The molecule has 0 spiro atoms. The van der Waals surface area contributed by atoms with Crippen molar-refractivity contribution < 1.29 is 13.2 Å². The van der Waals surface area contributed by atoms with Crippen LogP contribution in [0.25, 0.3) is 10.2 Å². The summed E-state index contributed by atoms with van der Waals surface area (Å²) in [7, 11) is -1.67. The minimum atomic E-state index is -3.59. The number of rotatable bonds is 3. The maximum absolute atomic E-state index is 12.8. The molecule has 1 fully saturated rings. The van der Waals surface area contributed by atoms with E-state index in [1.807, 2.05) is 11.6 Å². The van der Waals surface area contributed by atoms with Crippen LogP contribution in [-0.4, -0.2) is 36.3 Å². The number of hydrogen-bond donors (Lipinski definition) is 0. The third kappa shape index (κ3) is 4.35. The van der Waals surface area contributed by atoms with Crippen molar-refractivity contribution in [3.8, 4) is 0 Å².